The highest BCUT2D eigenvalue weighted by Gasteiger charge is 2.13. The van der Waals surface area contributed by atoms with E-state index in [1.54, 1.807) is 31.8 Å². The molecule has 7 heteroatoms. The van der Waals surface area contributed by atoms with E-state index >= 15 is 0 Å². The number of amides is 1. The molecule has 0 spiro atoms. The summed E-state index contributed by atoms with van der Waals surface area (Å²) in [6.07, 6.45) is 5.20. The van der Waals surface area contributed by atoms with Crippen molar-refractivity contribution in [3.05, 3.63) is 84.4 Å². The van der Waals surface area contributed by atoms with E-state index in [9.17, 15) is 4.79 Å². The molecule has 3 heterocycles. The van der Waals surface area contributed by atoms with Crippen LogP contribution in [0.4, 0.5) is 0 Å². The number of nitrogens with zero attached hydrogens (tertiary/aromatic N) is 3. The molecule has 0 fully saturated rings. The average Bonchev–Trinajstić information content (AvgIpc) is 3.28. The van der Waals surface area contributed by atoms with E-state index in [4.69, 9.17) is 4.74 Å². The predicted molar refractivity (Wildman–Crippen MR) is 109 cm³/mol. The number of benzene rings is 1. The van der Waals surface area contributed by atoms with Crippen molar-refractivity contribution in [3.63, 3.8) is 0 Å². The molecule has 0 bridgehead atoms. The molecule has 4 rings (SSSR count). The molecule has 7 nitrogen and oxygen atoms in total. The van der Waals surface area contributed by atoms with Crippen LogP contribution in [0.1, 0.15) is 16.1 Å². The van der Waals surface area contributed by atoms with Crippen LogP contribution in [0.2, 0.25) is 0 Å². The van der Waals surface area contributed by atoms with Crippen LogP contribution >= 0.6 is 0 Å². The molecule has 144 valence electrons. The zero-order valence-corrected chi connectivity index (χ0v) is 15.8. The fourth-order valence-corrected chi connectivity index (χ4v) is 2.97. The average molecular weight is 385 g/mol. The van der Waals surface area contributed by atoms with Gasteiger partial charge in [0.25, 0.3) is 5.91 Å². The number of ether oxygens (including phenoxy) is 1. The van der Waals surface area contributed by atoms with Gasteiger partial charge in [-0.3, -0.25) is 19.9 Å². The largest absolute Gasteiger partial charge is 0.496 e. The predicted octanol–water partition coefficient (Wildman–Crippen LogP) is 3.47. The lowest BCUT2D eigenvalue weighted by atomic mass is 10.1. The molecule has 1 amide bonds. The first kappa shape index (κ1) is 18.4. The monoisotopic (exact) mass is 385 g/mol. The molecule has 0 atom stereocenters. The number of methoxy groups -OCH3 is 1. The second-order valence-electron chi connectivity index (χ2n) is 6.34. The van der Waals surface area contributed by atoms with Crippen LogP contribution in [-0.4, -0.2) is 33.2 Å². The van der Waals surface area contributed by atoms with Crippen molar-refractivity contribution < 1.29 is 9.53 Å². The van der Waals surface area contributed by atoms with Crippen molar-refractivity contribution in [3.8, 4) is 28.3 Å². The molecule has 1 aromatic carbocycles. The van der Waals surface area contributed by atoms with Crippen molar-refractivity contribution in [2.45, 2.75) is 6.54 Å². The summed E-state index contributed by atoms with van der Waals surface area (Å²) < 4.78 is 5.36. The van der Waals surface area contributed by atoms with Gasteiger partial charge in [0.2, 0.25) is 0 Å². The van der Waals surface area contributed by atoms with Crippen LogP contribution in [0.5, 0.6) is 5.75 Å². The molecule has 29 heavy (non-hydrogen) atoms. The van der Waals surface area contributed by atoms with Gasteiger partial charge in [-0.2, -0.15) is 5.10 Å². The number of para-hydroxylation sites is 1. The van der Waals surface area contributed by atoms with Gasteiger partial charge in [0.15, 0.2) is 0 Å². The first-order chi connectivity index (χ1) is 14.2. The summed E-state index contributed by atoms with van der Waals surface area (Å²) in [6.45, 7) is 0.373. The molecule has 0 unspecified atom stereocenters. The number of aromatic nitrogens is 4. The van der Waals surface area contributed by atoms with E-state index in [0.717, 1.165) is 22.4 Å². The van der Waals surface area contributed by atoms with Gasteiger partial charge in [-0.05, 0) is 48.0 Å². The lowest BCUT2D eigenvalue weighted by Gasteiger charge is -2.06. The number of nitrogens with one attached hydrogen (secondary N) is 2. The number of H-pyrrole nitrogens is 1. The minimum absolute atomic E-state index is 0.238. The molecule has 0 saturated carbocycles. The van der Waals surface area contributed by atoms with Gasteiger partial charge in [0, 0.05) is 36.3 Å². The van der Waals surface area contributed by atoms with Crippen molar-refractivity contribution in [1.82, 2.24) is 25.5 Å². The summed E-state index contributed by atoms with van der Waals surface area (Å²) in [6, 6.07) is 16.9. The Bertz CT molecular complexity index is 1120. The number of hydrogen-bond donors (Lipinski definition) is 2. The maximum Gasteiger partial charge on any atom is 0.269 e. The number of pyridine rings is 2. The Hall–Kier alpha value is -4.00. The molecule has 3 aromatic heterocycles. The second kappa shape index (κ2) is 8.35. The zero-order chi connectivity index (χ0) is 20.1. The fraction of sp³-hybridized carbons (Fsp3) is 0.0909. The van der Waals surface area contributed by atoms with Crippen molar-refractivity contribution in [2.75, 3.05) is 7.11 Å². The summed E-state index contributed by atoms with van der Waals surface area (Å²) in [5.41, 5.74) is 4.53. The molecule has 4 aromatic rings. The Morgan fingerprint density at radius 2 is 1.97 bits per heavy atom. The van der Waals surface area contributed by atoms with Gasteiger partial charge in [-0.25, -0.2) is 0 Å². The smallest absolute Gasteiger partial charge is 0.269 e. The number of carbonyl (C=O) groups is 1. The molecule has 2 N–H and O–H groups in total. The third-order valence-corrected chi connectivity index (χ3v) is 4.44. The lowest BCUT2D eigenvalue weighted by Crippen LogP contribution is -2.23. The standard InChI is InChI=1S/C22H19N5O2/c1-29-21-7-3-2-6-17(21)19-12-20(27-26-19)22(28)25-13-15-8-10-24-18(11-15)16-5-4-9-23-14-16/h2-12,14H,13H2,1H3,(H,25,28)(H,26,27). The summed E-state index contributed by atoms with van der Waals surface area (Å²) in [7, 11) is 1.60. The molecule has 0 aliphatic heterocycles. The second-order valence-corrected chi connectivity index (χ2v) is 6.34. The zero-order valence-electron chi connectivity index (χ0n) is 15.8. The van der Waals surface area contributed by atoms with Gasteiger partial charge < -0.3 is 10.1 Å². The van der Waals surface area contributed by atoms with E-state index in [-0.39, 0.29) is 5.91 Å². The molecule has 0 aliphatic carbocycles. The van der Waals surface area contributed by atoms with E-state index < -0.39 is 0 Å². The summed E-state index contributed by atoms with van der Waals surface area (Å²) in [4.78, 5) is 21.0. The molecule has 0 radical (unpaired) electrons. The Labute approximate surface area is 167 Å². The number of hydrogen-bond acceptors (Lipinski definition) is 5. The molecule has 0 saturated heterocycles. The highest BCUT2D eigenvalue weighted by Crippen LogP contribution is 2.28. The van der Waals surface area contributed by atoms with Crippen LogP contribution in [0.15, 0.2) is 73.2 Å². The van der Waals surface area contributed by atoms with Gasteiger partial charge in [0.1, 0.15) is 11.4 Å². The Morgan fingerprint density at radius 1 is 1.07 bits per heavy atom. The van der Waals surface area contributed by atoms with Crippen LogP contribution in [-0.2, 0) is 6.54 Å². The van der Waals surface area contributed by atoms with Crippen LogP contribution < -0.4 is 10.1 Å². The van der Waals surface area contributed by atoms with E-state index in [1.807, 2.05) is 48.5 Å². The first-order valence-corrected chi connectivity index (χ1v) is 9.07. The van der Waals surface area contributed by atoms with E-state index in [0.29, 0.717) is 23.7 Å². The summed E-state index contributed by atoms with van der Waals surface area (Å²) >= 11 is 0. The minimum Gasteiger partial charge on any atom is -0.496 e. The third kappa shape index (κ3) is 4.14. The summed E-state index contributed by atoms with van der Waals surface area (Å²) in [5, 5.41) is 9.94. The number of rotatable bonds is 6. The topological polar surface area (TPSA) is 92.8 Å². The van der Waals surface area contributed by atoms with Crippen molar-refractivity contribution in [2.24, 2.45) is 0 Å². The van der Waals surface area contributed by atoms with Crippen LogP contribution in [0.3, 0.4) is 0 Å². The summed E-state index contributed by atoms with van der Waals surface area (Å²) in [5.74, 6) is 0.462. The normalized spacial score (nSPS) is 10.5. The Kier molecular flexibility index (Phi) is 5.29. The maximum absolute atomic E-state index is 12.5. The highest BCUT2D eigenvalue weighted by molar-refractivity contribution is 5.93. The fourth-order valence-electron chi connectivity index (χ4n) is 2.97. The van der Waals surface area contributed by atoms with Crippen molar-refractivity contribution >= 4 is 5.91 Å². The first-order valence-electron chi connectivity index (χ1n) is 9.07. The molecule has 0 aliphatic rings. The highest BCUT2D eigenvalue weighted by atomic mass is 16.5. The molecular weight excluding hydrogens is 366 g/mol. The quantitative estimate of drug-likeness (QED) is 0.530. The number of aromatic amines is 1. The van der Waals surface area contributed by atoms with Crippen LogP contribution in [0.25, 0.3) is 22.5 Å². The third-order valence-electron chi connectivity index (χ3n) is 4.44. The Balaban J connectivity index is 1.45. The van der Waals surface area contributed by atoms with Gasteiger partial charge in [-0.15, -0.1) is 0 Å². The van der Waals surface area contributed by atoms with Gasteiger partial charge in [0.05, 0.1) is 18.5 Å². The Morgan fingerprint density at radius 3 is 2.79 bits per heavy atom. The number of carbonyl (C=O) groups excluding carboxylic acids is 1. The lowest BCUT2D eigenvalue weighted by molar-refractivity contribution is 0.0946. The van der Waals surface area contributed by atoms with E-state index in [1.165, 1.54) is 0 Å². The maximum atomic E-state index is 12.5. The van der Waals surface area contributed by atoms with Crippen molar-refractivity contribution in [1.29, 1.82) is 0 Å². The SMILES string of the molecule is COc1ccccc1-c1cc(C(=O)NCc2ccnc(-c3cccnc3)c2)[nH]n1. The van der Waals surface area contributed by atoms with Crippen LogP contribution in [0, 0.1) is 0 Å². The van der Waals surface area contributed by atoms with Gasteiger partial charge in [-0.1, -0.05) is 12.1 Å². The molecular formula is C22H19N5O2. The van der Waals surface area contributed by atoms with Gasteiger partial charge >= 0.3 is 0 Å². The minimum atomic E-state index is -0.238. The van der Waals surface area contributed by atoms with E-state index in [2.05, 4.69) is 25.5 Å².